The fraction of sp³-hybridized carbons (Fsp3) is 0.643. The Labute approximate surface area is 289 Å². The van der Waals surface area contributed by atoms with E-state index in [1.54, 1.807) is 27.9 Å². The summed E-state index contributed by atoms with van der Waals surface area (Å²) >= 11 is 17.0. The number of primary amides is 1. The monoisotopic (exact) mass is 732 g/mol. The minimum atomic E-state index is -1.71. The molecule has 0 saturated heterocycles. The Hall–Kier alpha value is -2.73. The molecule has 4 amide bonds. The van der Waals surface area contributed by atoms with Crippen molar-refractivity contribution in [2.24, 2.45) is 5.73 Å². The average Bonchev–Trinajstić information content (AvgIpc) is 2.99. The normalized spacial score (nSPS) is 12.7. The molecule has 2 rings (SSSR count). The zero-order chi connectivity index (χ0) is 36.9. The number of hydrogen-bond donors (Lipinski definition) is 2. The van der Waals surface area contributed by atoms with Crippen molar-refractivity contribution in [2.45, 2.75) is 77.5 Å². The van der Waals surface area contributed by atoms with E-state index in [1.165, 1.54) is 78.1 Å². The highest BCUT2D eigenvalue weighted by atomic mass is 35.5. The first-order chi connectivity index (χ1) is 21.6. The first-order valence-electron chi connectivity index (χ1n) is 13.8. The average molecular weight is 734 g/mol. The lowest BCUT2D eigenvalue weighted by Crippen LogP contribution is -2.46. The summed E-state index contributed by atoms with van der Waals surface area (Å²) in [6.07, 6.45) is -1.02. The molecule has 0 aliphatic heterocycles. The molecule has 2 atom stereocenters. The van der Waals surface area contributed by atoms with Crippen molar-refractivity contribution in [3.63, 3.8) is 0 Å². The van der Waals surface area contributed by atoms with Crippen LogP contribution >= 0.6 is 34.8 Å². The molecule has 0 spiro atoms. The van der Waals surface area contributed by atoms with Gasteiger partial charge >= 0.3 is 12.1 Å². The summed E-state index contributed by atoms with van der Waals surface area (Å²) in [5.41, 5.74) is 2.21. The maximum absolute atomic E-state index is 14.1. The van der Waals surface area contributed by atoms with E-state index in [0.29, 0.717) is 0 Å². The van der Waals surface area contributed by atoms with Crippen molar-refractivity contribution in [1.29, 1.82) is 0 Å². The second-order valence-corrected chi connectivity index (χ2v) is 12.0. The summed E-state index contributed by atoms with van der Waals surface area (Å²) < 4.78 is 47.6. The van der Waals surface area contributed by atoms with Crippen LogP contribution in [-0.4, -0.2) is 109 Å². The van der Waals surface area contributed by atoms with Crippen molar-refractivity contribution >= 4 is 52.7 Å². The van der Waals surface area contributed by atoms with Gasteiger partial charge in [-0.15, -0.1) is 20.4 Å². The molecule has 47 heavy (non-hydrogen) atoms. The predicted octanol–water partition coefficient (Wildman–Crippen LogP) is 5.80. The third-order valence-corrected chi connectivity index (χ3v) is 7.33. The lowest BCUT2D eigenvalue weighted by Gasteiger charge is -2.30. The van der Waals surface area contributed by atoms with Gasteiger partial charge in [0, 0.05) is 53.7 Å². The highest BCUT2D eigenvalue weighted by Gasteiger charge is 2.27. The Balaban J connectivity index is 0.000000743. The number of ether oxygens (including phenoxy) is 4. The van der Waals surface area contributed by atoms with Crippen molar-refractivity contribution in [2.75, 3.05) is 47.9 Å². The van der Waals surface area contributed by atoms with Gasteiger partial charge in [-0.2, -0.15) is 0 Å². The Morgan fingerprint density at radius 2 is 1.15 bits per heavy atom. The summed E-state index contributed by atoms with van der Waals surface area (Å²) in [4.78, 5) is 25.7. The topological polar surface area (TPSA) is 167 Å². The summed E-state index contributed by atoms with van der Waals surface area (Å²) in [6, 6.07) is 1.21. The van der Waals surface area contributed by atoms with Gasteiger partial charge in [0.1, 0.15) is 11.3 Å². The quantitative estimate of drug-likeness (QED) is 0.270. The van der Waals surface area contributed by atoms with Crippen LogP contribution in [0.15, 0.2) is 12.1 Å². The van der Waals surface area contributed by atoms with E-state index in [-0.39, 0.29) is 44.5 Å². The van der Waals surface area contributed by atoms with Gasteiger partial charge in [-0.05, 0) is 53.7 Å². The van der Waals surface area contributed by atoms with E-state index in [4.69, 9.17) is 59.5 Å². The Morgan fingerprint density at radius 3 is 1.51 bits per heavy atom. The lowest BCUT2D eigenvalue weighted by atomic mass is 10.0. The molecule has 2 heterocycles. The Morgan fingerprint density at radius 1 is 0.766 bits per heavy atom. The molecule has 0 bridgehead atoms. The van der Waals surface area contributed by atoms with Crippen LogP contribution in [-0.2, 0) is 30.3 Å². The van der Waals surface area contributed by atoms with Crippen molar-refractivity contribution in [1.82, 2.24) is 30.2 Å². The van der Waals surface area contributed by atoms with E-state index < -0.39 is 36.0 Å². The summed E-state index contributed by atoms with van der Waals surface area (Å²) in [7, 11) is 9.17. The van der Waals surface area contributed by atoms with Gasteiger partial charge in [-0.3, -0.25) is 5.32 Å². The molecular weight excluding hydrogens is 689 g/mol. The number of urea groups is 2. The number of alkyl halides is 2. The highest BCUT2D eigenvalue weighted by Crippen LogP contribution is 2.31. The largest absolute Gasteiger partial charge is 0.354 e. The number of likely N-dealkylation sites (N-methyl/N-ethyl adjacent to an activating group) is 2. The van der Waals surface area contributed by atoms with E-state index in [0.717, 1.165) is 0 Å². The number of rotatable bonds is 11. The van der Waals surface area contributed by atoms with E-state index in [2.05, 4.69) is 25.7 Å². The third kappa shape index (κ3) is 14.5. The molecule has 14 nitrogen and oxygen atoms in total. The Bertz CT molecular complexity index is 1280. The first kappa shape index (κ1) is 44.3. The lowest BCUT2D eigenvalue weighted by molar-refractivity contribution is -0.133. The van der Waals surface area contributed by atoms with Gasteiger partial charge in [-0.25, -0.2) is 18.4 Å². The smallest absolute Gasteiger partial charge is 0.323 e. The van der Waals surface area contributed by atoms with Gasteiger partial charge in [0.15, 0.2) is 33.9 Å². The van der Waals surface area contributed by atoms with Crippen LogP contribution in [0.25, 0.3) is 0 Å². The molecule has 0 aromatic carbocycles. The third-order valence-electron chi connectivity index (χ3n) is 6.59. The van der Waals surface area contributed by atoms with Crippen molar-refractivity contribution in [3.05, 3.63) is 38.7 Å². The highest BCUT2D eigenvalue weighted by molar-refractivity contribution is 6.31. The van der Waals surface area contributed by atoms with Crippen LogP contribution in [0.4, 0.5) is 24.2 Å². The summed E-state index contributed by atoms with van der Waals surface area (Å²) in [5.74, 6) is 0.102. The number of methoxy groups -OCH3 is 4. The van der Waals surface area contributed by atoms with Gasteiger partial charge in [0.25, 0.3) is 0 Å². The van der Waals surface area contributed by atoms with Gasteiger partial charge in [0.2, 0.25) is 0 Å². The molecule has 19 heteroatoms. The van der Waals surface area contributed by atoms with Crippen LogP contribution < -0.4 is 11.1 Å². The molecule has 0 radical (unpaired) electrons. The van der Waals surface area contributed by atoms with Crippen molar-refractivity contribution < 1.29 is 37.3 Å². The minimum Gasteiger partial charge on any atom is -0.354 e. The number of nitrogens with two attached hydrogens (primary N) is 1. The first-order valence-corrected chi connectivity index (χ1v) is 15.0. The van der Waals surface area contributed by atoms with Crippen LogP contribution in [0.2, 0.25) is 15.5 Å². The number of halogens is 5. The number of nitrogens with zero attached hydrogens (tertiary/aromatic N) is 6. The molecule has 2 aromatic heterocycles. The van der Waals surface area contributed by atoms with Gasteiger partial charge in [-0.1, -0.05) is 34.8 Å². The molecule has 0 fully saturated rings. The number of carbonyl (C=O) groups is 2. The van der Waals surface area contributed by atoms with Gasteiger partial charge in [0.05, 0.1) is 12.1 Å². The van der Waals surface area contributed by atoms with Crippen LogP contribution in [0, 0.1) is 0 Å². The molecule has 2 aromatic rings. The summed E-state index contributed by atoms with van der Waals surface area (Å²) in [6.45, 7) is 9.01. The number of nitrogens with one attached hydrogen (secondary N) is 1. The van der Waals surface area contributed by atoms with Crippen LogP contribution in [0.1, 0.15) is 52.7 Å². The zero-order valence-corrected chi connectivity index (χ0v) is 30.8. The fourth-order valence-electron chi connectivity index (χ4n) is 3.55. The second-order valence-electron chi connectivity index (χ2n) is 10.9. The second kappa shape index (κ2) is 19.9. The number of carbonyl (C=O) groups excluding carboxylic acids is 2. The van der Waals surface area contributed by atoms with E-state index >= 15 is 0 Å². The maximum atomic E-state index is 14.1. The maximum Gasteiger partial charge on any atom is 0.323 e. The standard InChI is InChI=1S/C14H22ClFN4O3.C7H7Cl2FN2.C7H16N2O3/c1-8(12(22-5)23-6)20(4)13(21)17-10-7-9(14(2,3)16)11(15)19-18-10;1-7(2,10)4-3-5(8)11-12-6(4)9;1-5(6(11-3)12-4)9(2)7(8)10/h7-8,12H,1-6H3,(H,17,18,21);3H,1-2H3;5-6H,1-4H3,(H2,8,10). The molecule has 0 aliphatic carbocycles. The number of aromatic nitrogens is 4. The van der Waals surface area contributed by atoms with Gasteiger partial charge < -0.3 is 34.5 Å². The fourth-order valence-corrected chi connectivity index (χ4v) is 4.33. The number of amides is 4. The van der Waals surface area contributed by atoms with Crippen LogP contribution in [0.5, 0.6) is 0 Å². The summed E-state index contributed by atoms with van der Waals surface area (Å²) in [5, 5.41) is 17.1. The minimum absolute atomic E-state index is 0.0453. The Kier molecular flexibility index (Phi) is 18.8. The molecule has 2 unspecified atom stereocenters. The van der Waals surface area contributed by atoms with E-state index in [1.807, 2.05) is 0 Å². The zero-order valence-electron chi connectivity index (χ0n) is 28.6. The SMILES string of the molecule is CC(C)(F)c1cc(Cl)nnc1Cl.COC(OC)C(C)N(C)C(=O)Nc1cc(C(C)(C)F)c(Cl)nn1.COC(OC)C(C)N(C)C(N)=O. The molecule has 268 valence electrons. The van der Waals surface area contributed by atoms with Crippen LogP contribution in [0.3, 0.4) is 0 Å². The number of anilines is 1. The molecule has 3 N–H and O–H groups in total. The van der Waals surface area contributed by atoms with Crippen molar-refractivity contribution in [3.8, 4) is 0 Å². The molecule has 0 saturated carbocycles. The predicted molar refractivity (Wildman–Crippen MR) is 176 cm³/mol. The molecule has 0 aliphatic rings. The van der Waals surface area contributed by atoms with E-state index in [9.17, 15) is 18.4 Å². The number of hydrogen-bond acceptors (Lipinski definition) is 10. The molecular formula is C28H45Cl3F2N8O6.